The lowest BCUT2D eigenvalue weighted by atomic mass is 10.2. The molecule has 0 spiro atoms. The number of benzene rings is 1. The van der Waals surface area contributed by atoms with Crippen molar-refractivity contribution in [2.24, 2.45) is 10.2 Å². The molecule has 1 aromatic carbocycles. The molecule has 2 aromatic rings. The molecule has 0 saturated heterocycles. The predicted octanol–water partition coefficient (Wildman–Crippen LogP) is 2.41. The molecule has 21 heavy (non-hydrogen) atoms. The zero-order chi connectivity index (χ0) is 14.8. The molecule has 0 fully saturated rings. The van der Waals surface area contributed by atoms with Crippen LogP contribution in [0.2, 0.25) is 15.1 Å². The van der Waals surface area contributed by atoms with E-state index in [1.807, 2.05) is 49.0 Å². The molecule has 0 aliphatic rings. The average Bonchev–Trinajstić information content (AvgIpc) is 2.38. The fourth-order valence-corrected chi connectivity index (χ4v) is 2.51. The molecule has 0 bridgehead atoms. The van der Waals surface area contributed by atoms with E-state index in [1.54, 1.807) is 12.1 Å². The highest BCUT2D eigenvalue weighted by atomic mass is 35.5. The van der Waals surface area contributed by atoms with Gasteiger partial charge in [-0.1, -0.05) is 40.9 Å². The summed E-state index contributed by atoms with van der Waals surface area (Å²) in [5, 5.41) is 9.72. The summed E-state index contributed by atoms with van der Waals surface area (Å²) in [5.41, 5.74) is -0.129. The largest absolute Gasteiger partial charge is 1.00 e. The van der Waals surface area contributed by atoms with Crippen LogP contribution in [0.25, 0.3) is 0 Å². The van der Waals surface area contributed by atoms with E-state index in [-0.39, 0.29) is 12.4 Å². The Labute approximate surface area is 145 Å². The standard InChI is InChI=1S/C14H13Cl3N3.ClH/c1-14(2,20-6-4-3-5-7-20)19-18-13-11(16)8-10(15)9-12(13)17;/h3-9H,1-2H3;1H/q+1;/p-1. The number of aromatic nitrogens is 1. The maximum absolute atomic E-state index is 6.08. The van der Waals surface area contributed by atoms with Gasteiger partial charge in [0.15, 0.2) is 12.4 Å². The third-order valence-electron chi connectivity index (χ3n) is 2.72. The van der Waals surface area contributed by atoms with E-state index < -0.39 is 5.66 Å². The molecule has 0 N–H and O–H groups in total. The van der Waals surface area contributed by atoms with Gasteiger partial charge in [0.1, 0.15) is 5.69 Å². The fourth-order valence-electron chi connectivity index (χ4n) is 1.62. The summed E-state index contributed by atoms with van der Waals surface area (Å²) in [6.45, 7) is 3.88. The molecule has 0 unspecified atom stereocenters. The first kappa shape index (κ1) is 18.2. The Morgan fingerprint density at radius 3 is 2.00 bits per heavy atom. The quantitative estimate of drug-likeness (QED) is 0.591. The summed E-state index contributed by atoms with van der Waals surface area (Å²) in [6, 6.07) is 8.98. The van der Waals surface area contributed by atoms with Crippen LogP contribution in [0.1, 0.15) is 13.8 Å². The molecule has 1 aromatic heterocycles. The van der Waals surface area contributed by atoms with Crippen molar-refractivity contribution in [2.45, 2.75) is 19.5 Å². The Morgan fingerprint density at radius 2 is 1.48 bits per heavy atom. The first-order chi connectivity index (χ1) is 9.40. The molecule has 1 heterocycles. The molecule has 3 nitrogen and oxygen atoms in total. The molecule has 0 aliphatic heterocycles. The normalized spacial score (nSPS) is 11.5. The van der Waals surface area contributed by atoms with Crippen LogP contribution in [0.4, 0.5) is 5.69 Å². The van der Waals surface area contributed by atoms with Crippen LogP contribution >= 0.6 is 34.8 Å². The Hall–Kier alpha value is -0.870. The van der Waals surface area contributed by atoms with E-state index in [0.717, 1.165) is 0 Å². The van der Waals surface area contributed by atoms with E-state index >= 15 is 0 Å². The van der Waals surface area contributed by atoms with Gasteiger partial charge in [0.25, 0.3) is 5.66 Å². The smallest absolute Gasteiger partial charge is 0.272 e. The van der Waals surface area contributed by atoms with Crippen molar-refractivity contribution in [3.63, 3.8) is 0 Å². The third-order valence-corrected chi connectivity index (χ3v) is 3.52. The molecule has 0 amide bonds. The summed E-state index contributed by atoms with van der Waals surface area (Å²) in [5.74, 6) is 0. The summed E-state index contributed by atoms with van der Waals surface area (Å²) >= 11 is 18.0. The molecular weight excluding hydrogens is 352 g/mol. The van der Waals surface area contributed by atoms with Gasteiger partial charge in [-0.05, 0) is 12.1 Å². The second-order valence-electron chi connectivity index (χ2n) is 4.70. The zero-order valence-corrected chi connectivity index (χ0v) is 14.4. The average molecular weight is 365 g/mol. The summed E-state index contributed by atoms with van der Waals surface area (Å²) < 4.78 is 1.94. The van der Waals surface area contributed by atoms with Gasteiger partial charge < -0.3 is 12.4 Å². The molecule has 0 saturated carbocycles. The van der Waals surface area contributed by atoms with Crippen molar-refractivity contribution in [3.05, 3.63) is 57.8 Å². The third kappa shape index (κ3) is 4.55. The van der Waals surface area contributed by atoms with Crippen LogP contribution in [0.5, 0.6) is 0 Å². The molecule has 0 radical (unpaired) electrons. The van der Waals surface area contributed by atoms with Gasteiger partial charge in [-0.25, -0.2) is 0 Å². The minimum Gasteiger partial charge on any atom is -1.00 e. The highest BCUT2D eigenvalue weighted by Gasteiger charge is 2.27. The molecule has 112 valence electrons. The van der Waals surface area contributed by atoms with Gasteiger partial charge in [0.2, 0.25) is 0 Å². The number of azo groups is 1. The highest BCUT2D eigenvalue weighted by Crippen LogP contribution is 2.36. The Morgan fingerprint density at radius 1 is 0.952 bits per heavy atom. The number of nitrogens with zero attached hydrogens (tertiary/aromatic N) is 3. The molecule has 0 atom stereocenters. The van der Waals surface area contributed by atoms with Gasteiger partial charge in [0.05, 0.1) is 10.0 Å². The highest BCUT2D eigenvalue weighted by molar-refractivity contribution is 6.41. The minimum atomic E-state index is -0.548. The zero-order valence-electron chi connectivity index (χ0n) is 11.4. The van der Waals surface area contributed by atoms with Gasteiger partial charge in [-0.2, -0.15) is 4.57 Å². The fraction of sp³-hybridized carbons (Fsp3) is 0.214. The number of rotatable bonds is 3. The maximum Gasteiger partial charge on any atom is 0.272 e. The lowest BCUT2D eigenvalue weighted by Crippen LogP contribution is -3.00. The van der Waals surface area contributed by atoms with Gasteiger partial charge in [-0.3, -0.25) is 0 Å². The van der Waals surface area contributed by atoms with Crippen LogP contribution in [-0.4, -0.2) is 0 Å². The molecule has 7 heteroatoms. The van der Waals surface area contributed by atoms with E-state index in [9.17, 15) is 0 Å². The number of pyridine rings is 1. The lowest BCUT2D eigenvalue weighted by molar-refractivity contribution is -0.757. The van der Waals surface area contributed by atoms with Crippen molar-refractivity contribution in [3.8, 4) is 0 Å². The van der Waals surface area contributed by atoms with Gasteiger partial charge >= 0.3 is 0 Å². The second kappa shape index (κ2) is 7.41. The van der Waals surface area contributed by atoms with Crippen molar-refractivity contribution < 1.29 is 17.0 Å². The van der Waals surface area contributed by atoms with Crippen LogP contribution in [0, 0.1) is 0 Å². The van der Waals surface area contributed by atoms with Crippen molar-refractivity contribution in [1.29, 1.82) is 0 Å². The summed E-state index contributed by atoms with van der Waals surface area (Å²) in [6.07, 6.45) is 3.84. The Kier molecular flexibility index (Phi) is 6.41. The monoisotopic (exact) mass is 363 g/mol. The topological polar surface area (TPSA) is 28.6 Å². The van der Waals surface area contributed by atoms with Crippen molar-refractivity contribution >= 4 is 40.5 Å². The number of hydrogen-bond donors (Lipinski definition) is 0. The summed E-state index contributed by atoms with van der Waals surface area (Å²) in [7, 11) is 0. The first-order valence-electron chi connectivity index (χ1n) is 5.94. The first-order valence-corrected chi connectivity index (χ1v) is 7.08. The Balaban J connectivity index is 0.00000220. The van der Waals surface area contributed by atoms with E-state index in [0.29, 0.717) is 20.8 Å². The maximum atomic E-state index is 6.08. The van der Waals surface area contributed by atoms with Gasteiger partial charge in [0, 0.05) is 31.0 Å². The van der Waals surface area contributed by atoms with Crippen LogP contribution in [0.3, 0.4) is 0 Å². The lowest BCUT2D eigenvalue weighted by Gasteiger charge is -2.12. The minimum absolute atomic E-state index is 0. The molecule has 0 aliphatic carbocycles. The van der Waals surface area contributed by atoms with Crippen molar-refractivity contribution in [1.82, 2.24) is 0 Å². The predicted molar refractivity (Wildman–Crippen MR) is 81.9 cm³/mol. The molecule has 2 rings (SSSR count). The van der Waals surface area contributed by atoms with Crippen LogP contribution in [-0.2, 0) is 5.66 Å². The number of hydrogen-bond acceptors (Lipinski definition) is 2. The number of halogens is 4. The van der Waals surface area contributed by atoms with Crippen molar-refractivity contribution in [2.75, 3.05) is 0 Å². The molecular formula is C14H13Cl4N3. The van der Waals surface area contributed by atoms with E-state index in [2.05, 4.69) is 10.2 Å². The van der Waals surface area contributed by atoms with Gasteiger partial charge in [-0.15, -0.1) is 10.2 Å². The summed E-state index contributed by atoms with van der Waals surface area (Å²) in [4.78, 5) is 0. The Bertz CT molecular complexity index is 619. The SMILES string of the molecule is CC(C)(N=Nc1c(Cl)cc(Cl)cc1Cl)[n+]1ccccc1.[Cl-]. The van der Waals surface area contributed by atoms with Crippen LogP contribution in [0.15, 0.2) is 53.0 Å². The van der Waals surface area contributed by atoms with Crippen LogP contribution < -0.4 is 17.0 Å². The second-order valence-corrected chi connectivity index (χ2v) is 5.95. The van der Waals surface area contributed by atoms with E-state index in [1.165, 1.54) is 0 Å². The van der Waals surface area contributed by atoms with E-state index in [4.69, 9.17) is 34.8 Å².